The molecule has 3 N–H and O–H groups in total. The smallest absolute Gasteiger partial charge is 0.228 e. The molecule has 1 aromatic carbocycles. The molecule has 0 aliphatic carbocycles. The maximum atomic E-state index is 12.1. The molecule has 8 heteroatoms. The molecule has 0 aliphatic rings. The molecule has 0 fully saturated rings. The van der Waals surface area contributed by atoms with Crippen LogP contribution in [0, 0.1) is 12.3 Å². The van der Waals surface area contributed by atoms with E-state index in [1.165, 1.54) is 0 Å². The van der Waals surface area contributed by atoms with Crippen LogP contribution < -0.4 is 16.0 Å². The predicted molar refractivity (Wildman–Crippen MR) is 102 cm³/mol. The van der Waals surface area contributed by atoms with Crippen LogP contribution >= 0.6 is 47.0 Å². The second-order valence-electron chi connectivity index (χ2n) is 6.16. The molecule has 1 rings (SSSR count). The zero-order valence-electron chi connectivity index (χ0n) is 13.3. The van der Waals surface area contributed by atoms with E-state index in [0.29, 0.717) is 0 Å². The number of hydrogen-bond acceptors (Lipinski definition) is 2. The standard InChI is InChI=1S/C15H20Cl3N3OS/c1-9-5-7-10(8-6-9)19-13(23)21-11(15(16,17)18)20-12(22)14(2,3)4/h5-8,11H,1-4H3,(H,20,22)(H2,19,21,23). The first-order valence-corrected chi connectivity index (χ1v) is 8.45. The molecular formula is C15H20Cl3N3OS. The van der Waals surface area contributed by atoms with Crippen LogP contribution in [-0.2, 0) is 4.79 Å². The van der Waals surface area contributed by atoms with E-state index >= 15 is 0 Å². The number of benzene rings is 1. The molecule has 0 bridgehead atoms. The number of halogens is 3. The van der Waals surface area contributed by atoms with Crippen LogP contribution in [0.25, 0.3) is 0 Å². The Balaban J connectivity index is 2.75. The highest BCUT2D eigenvalue weighted by molar-refractivity contribution is 7.80. The minimum Gasteiger partial charge on any atom is -0.339 e. The van der Waals surface area contributed by atoms with E-state index in [4.69, 9.17) is 47.0 Å². The molecule has 23 heavy (non-hydrogen) atoms. The normalized spacial score (nSPS) is 13.2. The second kappa shape index (κ2) is 7.88. The summed E-state index contributed by atoms with van der Waals surface area (Å²) in [7, 11) is 0. The maximum Gasteiger partial charge on any atom is 0.228 e. The third-order valence-electron chi connectivity index (χ3n) is 2.87. The number of hydrogen-bond donors (Lipinski definition) is 3. The molecular weight excluding hydrogens is 377 g/mol. The van der Waals surface area contributed by atoms with Gasteiger partial charge in [0.25, 0.3) is 0 Å². The van der Waals surface area contributed by atoms with Gasteiger partial charge in [0.1, 0.15) is 6.17 Å². The highest BCUT2D eigenvalue weighted by Crippen LogP contribution is 2.30. The fourth-order valence-electron chi connectivity index (χ4n) is 1.48. The number of alkyl halides is 3. The highest BCUT2D eigenvalue weighted by Gasteiger charge is 2.36. The molecule has 0 spiro atoms. The Morgan fingerprint density at radius 2 is 1.61 bits per heavy atom. The molecule has 1 unspecified atom stereocenters. The zero-order chi connectivity index (χ0) is 17.8. The van der Waals surface area contributed by atoms with Crippen LogP contribution in [0.3, 0.4) is 0 Å². The Morgan fingerprint density at radius 1 is 1.09 bits per heavy atom. The van der Waals surface area contributed by atoms with Crippen molar-refractivity contribution in [2.45, 2.75) is 37.7 Å². The quantitative estimate of drug-likeness (QED) is 0.408. The first-order chi connectivity index (χ1) is 10.4. The molecule has 0 aliphatic heterocycles. The Bertz CT molecular complexity index is 565. The number of thiocarbonyl (C=S) groups is 1. The van der Waals surface area contributed by atoms with Crippen molar-refractivity contribution in [1.29, 1.82) is 0 Å². The van der Waals surface area contributed by atoms with Crippen molar-refractivity contribution in [3.05, 3.63) is 29.8 Å². The van der Waals surface area contributed by atoms with Gasteiger partial charge >= 0.3 is 0 Å². The number of nitrogens with one attached hydrogen (secondary N) is 3. The fraction of sp³-hybridized carbons (Fsp3) is 0.467. The van der Waals surface area contributed by atoms with E-state index < -0.39 is 15.4 Å². The summed E-state index contributed by atoms with van der Waals surface area (Å²) in [4.78, 5) is 12.1. The minimum absolute atomic E-state index is 0.236. The average Bonchev–Trinajstić information content (AvgIpc) is 2.38. The molecule has 4 nitrogen and oxygen atoms in total. The molecule has 0 saturated heterocycles. The summed E-state index contributed by atoms with van der Waals surface area (Å²) in [6.07, 6.45) is -0.968. The van der Waals surface area contributed by atoms with Gasteiger partial charge < -0.3 is 16.0 Å². The van der Waals surface area contributed by atoms with Crippen molar-refractivity contribution < 1.29 is 4.79 Å². The zero-order valence-corrected chi connectivity index (χ0v) is 16.4. The number of carbonyl (C=O) groups is 1. The lowest BCUT2D eigenvalue weighted by atomic mass is 9.95. The van der Waals surface area contributed by atoms with Crippen LogP contribution in [0.5, 0.6) is 0 Å². The molecule has 1 atom stereocenters. The Kier molecular flexibility index (Phi) is 6.95. The lowest BCUT2D eigenvalue weighted by Gasteiger charge is -2.30. The fourth-order valence-corrected chi connectivity index (χ4v) is 2.05. The second-order valence-corrected chi connectivity index (χ2v) is 8.94. The number of rotatable bonds is 3. The summed E-state index contributed by atoms with van der Waals surface area (Å²) in [6, 6.07) is 7.64. The van der Waals surface area contributed by atoms with Gasteiger partial charge in [-0.2, -0.15) is 0 Å². The van der Waals surface area contributed by atoms with Crippen molar-refractivity contribution in [3.8, 4) is 0 Å². The molecule has 0 saturated carbocycles. The Morgan fingerprint density at radius 3 is 2.04 bits per heavy atom. The van der Waals surface area contributed by atoms with Crippen LogP contribution in [0.2, 0.25) is 0 Å². The van der Waals surface area contributed by atoms with E-state index in [0.717, 1.165) is 11.3 Å². The molecule has 1 aromatic rings. The molecule has 0 radical (unpaired) electrons. The minimum atomic E-state index is -1.76. The van der Waals surface area contributed by atoms with Crippen molar-refractivity contribution in [2.75, 3.05) is 5.32 Å². The first kappa shape index (κ1) is 20.3. The summed E-state index contributed by atoms with van der Waals surface area (Å²) < 4.78 is -1.76. The van der Waals surface area contributed by atoms with Gasteiger partial charge in [-0.1, -0.05) is 73.3 Å². The lowest BCUT2D eigenvalue weighted by molar-refractivity contribution is -0.129. The van der Waals surface area contributed by atoms with Crippen molar-refractivity contribution >= 4 is 63.7 Å². The van der Waals surface area contributed by atoms with Crippen molar-refractivity contribution in [2.24, 2.45) is 5.41 Å². The molecule has 0 aromatic heterocycles. The van der Waals surface area contributed by atoms with Gasteiger partial charge in [0.05, 0.1) is 0 Å². The van der Waals surface area contributed by atoms with Crippen LogP contribution in [0.15, 0.2) is 24.3 Å². The van der Waals surface area contributed by atoms with Gasteiger partial charge in [-0.15, -0.1) is 0 Å². The van der Waals surface area contributed by atoms with Crippen molar-refractivity contribution in [3.63, 3.8) is 0 Å². The van der Waals surface area contributed by atoms with E-state index in [1.807, 2.05) is 31.2 Å². The van der Waals surface area contributed by atoms with Crippen LogP contribution in [0.4, 0.5) is 5.69 Å². The van der Waals surface area contributed by atoms with Gasteiger partial charge in [0.2, 0.25) is 9.70 Å². The SMILES string of the molecule is Cc1ccc(NC(=S)NC(NC(=O)C(C)(C)C)C(Cl)(Cl)Cl)cc1. The van der Waals surface area contributed by atoms with E-state index in [2.05, 4.69) is 16.0 Å². The van der Waals surface area contributed by atoms with Gasteiger partial charge in [-0.05, 0) is 31.3 Å². The van der Waals surface area contributed by atoms with Gasteiger partial charge in [-0.3, -0.25) is 4.79 Å². The molecule has 1 amide bonds. The Labute approximate surface area is 157 Å². The van der Waals surface area contributed by atoms with Gasteiger partial charge in [0, 0.05) is 11.1 Å². The van der Waals surface area contributed by atoms with E-state index in [-0.39, 0.29) is 11.0 Å². The number of anilines is 1. The monoisotopic (exact) mass is 395 g/mol. The van der Waals surface area contributed by atoms with E-state index in [9.17, 15) is 4.79 Å². The summed E-state index contributed by atoms with van der Waals surface area (Å²) >= 11 is 23.0. The highest BCUT2D eigenvalue weighted by atomic mass is 35.6. The van der Waals surface area contributed by atoms with Crippen molar-refractivity contribution in [1.82, 2.24) is 10.6 Å². The maximum absolute atomic E-state index is 12.1. The summed E-state index contributed by atoms with van der Waals surface area (Å²) in [5, 5.41) is 8.68. The lowest BCUT2D eigenvalue weighted by Crippen LogP contribution is -2.58. The summed E-state index contributed by atoms with van der Waals surface area (Å²) in [6.45, 7) is 7.28. The summed E-state index contributed by atoms with van der Waals surface area (Å²) in [5.74, 6) is -0.264. The number of aryl methyl sites for hydroxylation is 1. The predicted octanol–water partition coefficient (Wildman–Crippen LogP) is 4.14. The van der Waals surface area contributed by atoms with Gasteiger partial charge in [0.15, 0.2) is 5.11 Å². The number of carbonyl (C=O) groups excluding carboxylic acids is 1. The molecule has 0 heterocycles. The average molecular weight is 397 g/mol. The third kappa shape index (κ3) is 7.12. The first-order valence-electron chi connectivity index (χ1n) is 6.91. The summed E-state index contributed by atoms with van der Waals surface area (Å²) in [5.41, 5.74) is 1.30. The van der Waals surface area contributed by atoms with Gasteiger partial charge in [-0.25, -0.2) is 0 Å². The number of amides is 1. The van der Waals surface area contributed by atoms with Crippen LogP contribution in [-0.4, -0.2) is 21.0 Å². The Hall–Kier alpha value is -0.750. The third-order valence-corrected chi connectivity index (χ3v) is 3.74. The van der Waals surface area contributed by atoms with Crippen LogP contribution in [0.1, 0.15) is 26.3 Å². The van der Waals surface area contributed by atoms with E-state index in [1.54, 1.807) is 20.8 Å². The largest absolute Gasteiger partial charge is 0.339 e. The molecule has 128 valence electrons. The topological polar surface area (TPSA) is 53.2 Å².